The molecule has 0 N–H and O–H groups in total. The van der Waals surface area contributed by atoms with Crippen molar-refractivity contribution in [2.45, 2.75) is 6.42 Å². The van der Waals surface area contributed by atoms with Crippen molar-refractivity contribution in [2.24, 2.45) is 5.18 Å². The van der Waals surface area contributed by atoms with E-state index in [-0.39, 0.29) is 11.8 Å². The summed E-state index contributed by atoms with van der Waals surface area (Å²) < 4.78 is 0. The monoisotopic (exact) mass is 323 g/mol. The number of anilines is 1. The molecule has 122 valence electrons. The molecule has 6 heteroatoms. The van der Waals surface area contributed by atoms with E-state index in [2.05, 4.69) is 5.18 Å². The van der Waals surface area contributed by atoms with E-state index in [0.717, 1.165) is 5.69 Å². The van der Waals surface area contributed by atoms with Crippen molar-refractivity contribution in [1.29, 1.82) is 0 Å². The van der Waals surface area contributed by atoms with Crippen LogP contribution < -0.4 is 4.90 Å². The number of rotatable bonds is 6. The quantitative estimate of drug-likeness (QED) is 0.604. The highest BCUT2D eigenvalue weighted by Gasteiger charge is 2.34. The molecule has 0 saturated carbocycles. The lowest BCUT2D eigenvalue weighted by molar-refractivity contribution is 0.0653. The van der Waals surface area contributed by atoms with E-state index in [1.807, 2.05) is 24.1 Å². The fraction of sp³-hybridized carbons (Fsp3) is 0.222. The van der Waals surface area contributed by atoms with Gasteiger partial charge in [0, 0.05) is 25.8 Å². The van der Waals surface area contributed by atoms with Gasteiger partial charge in [-0.2, -0.15) is 0 Å². The number of carbonyl (C=O) groups is 2. The maximum Gasteiger partial charge on any atom is 0.261 e. The minimum absolute atomic E-state index is 0.223. The van der Waals surface area contributed by atoms with Gasteiger partial charge in [-0.3, -0.25) is 14.5 Å². The smallest absolute Gasteiger partial charge is 0.261 e. The Morgan fingerprint density at radius 2 is 1.54 bits per heavy atom. The standard InChI is InChI=1S/C18H17N3O3/c1-20(14-9-7-13(19-24)8-10-14)11-4-12-21-17(22)15-5-2-3-6-16(15)18(21)23/h2-3,5-10H,4,11-12H2,1H3. The molecule has 1 heterocycles. The molecule has 1 aliphatic rings. The van der Waals surface area contributed by atoms with Gasteiger partial charge in [-0.25, -0.2) is 0 Å². The highest BCUT2D eigenvalue weighted by Crippen LogP contribution is 2.23. The zero-order chi connectivity index (χ0) is 17.1. The van der Waals surface area contributed by atoms with Crippen LogP contribution >= 0.6 is 0 Å². The van der Waals surface area contributed by atoms with Crippen molar-refractivity contribution < 1.29 is 9.59 Å². The van der Waals surface area contributed by atoms with Gasteiger partial charge in [-0.15, -0.1) is 4.91 Å². The van der Waals surface area contributed by atoms with Crippen LogP contribution in [0.5, 0.6) is 0 Å². The van der Waals surface area contributed by atoms with Crippen LogP contribution in [0.15, 0.2) is 53.7 Å². The van der Waals surface area contributed by atoms with Crippen LogP contribution in [0.25, 0.3) is 0 Å². The van der Waals surface area contributed by atoms with Crippen LogP contribution in [0, 0.1) is 4.91 Å². The van der Waals surface area contributed by atoms with Crippen LogP contribution in [-0.4, -0.2) is 36.9 Å². The summed E-state index contributed by atoms with van der Waals surface area (Å²) in [4.78, 5) is 38.3. The molecule has 2 aromatic rings. The minimum atomic E-state index is -0.223. The first-order valence-electron chi connectivity index (χ1n) is 7.71. The number of hydrogen-bond donors (Lipinski definition) is 0. The predicted molar refractivity (Wildman–Crippen MR) is 91.6 cm³/mol. The molecule has 0 radical (unpaired) electrons. The molecule has 6 nitrogen and oxygen atoms in total. The first-order valence-corrected chi connectivity index (χ1v) is 7.71. The Hall–Kier alpha value is -3.02. The van der Waals surface area contributed by atoms with Crippen molar-refractivity contribution in [3.8, 4) is 0 Å². The average molecular weight is 323 g/mol. The van der Waals surface area contributed by atoms with Gasteiger partial charge in [-0.05, 0) is 48.0 Å². The third-order valence-electron chi connectivity index (χ3n) is 4.15. The summed E-state index contributed by atoms with van der Waals surface area (Å²) >= 11 is 0. The number of fused-ring (bicyclic) bond motifs is 1. The summed E-state index contributed by atoms with van der Waals surface area (Å²) in [5.41, 5.74) is 2.29. The van der Waals surface area contributed by atoms with E-state index in [1.165, 1.54) is 4.90 Å². The summed E-state index contributed by atoms with van der Waals surface area (Å²) in [5.74, 6) is -0.445. The molecule has 1 aliphatic heterocycles. The largest absolute Gasteiger partial charge is 0.375 e. The van der Waals surface area contributed by atoms with Gasteiger partial charge in [-0.1, -0.05) is 12.1 Å². The Kier molecular flexibility index (Phi) is 4.37. The van der Waals surface area contributed by atoms with Gasteiger partial charge in [0.05, 0.1) is 11.1 Å². The third-order valence-corrected chi connectivity index (χ3v) is 4.15. The van der Waals surface area contributed by atoms with Crippen molar-refractivity contribution in [3.05, 3.63) is 64.6 Å². The molecular weight excluding hydrogens is 306 g/mol. The van der Waals surface area contributed by atoms with Crippen molar-refractivity contribution >= 4 is 23.2 Å². The van der Waals surface area contributed by atoms with Gasteiger partial charge in [0.2, 0.25) is 0 Å². The Labute approximate surface area is 139 Å². The zero-order valence-corrected chi connectivity index (χ0v) is 13.3. The SMILES string of the molecule is CN(CCCN1C(=O)c2ccccc2C1=O)c1ccc(N=O)cc1. The normalized spacial score (nSPS) is 13.1. The molecule has 0 spiro atoms. The van der Waals surface area contributed by atoms with E-state index < -0.39 is 0 Å². The molecule has 3 rings (SSSR count). The highest BCUT2D eigenvalue weighted by molar-refractivity contribution is 6.21. The molecule has 24 heavy (non-hydrogen) atoms. The number of nitroso groups, excluding NO2 is 1. The van der Waals surface area contributed by atoms with Crippen LogP contribution in [0.3, 0.4) is 0 Å². The average Bonchev–Trinajstić information content (AvgIpc) is 2.87. The molecule has 2 amide bonds. The zero-order valence-electron chi connectivity index (χ0n) is 13.3. The van der Waals surface area contributed by atoms with Gasteiger partial charge < -0.3 is 4.90 Å². The van der Waals surface area contributed by atoms with E-state index in [0.29, 0.717) is 36.3 Å². The molecule has 2 aromatic carbocycles. The van der Waals surface area contributed by atoms with Gasteiger partial charge >= 0.3 is 0 Å². The predicted octanol–water partition coefficient (Wildman–Crippen LogP) is 3.21. The summed E-state index contributed by atoms with van der Waals surface area (Å²) in [6, 6.07) is 13.8. The first-order chi connectivity index (χ1) is 11.6. The third kappa shape index (κ3) is 2.90. The Balaban J connectivity index is 1.58. The number of imide groups is 1. The number of nitrogens with zero attached hydrogens (tertiary/aromatic N) is 3. The lowest BCUT2D eigenvalue weighted by Crippen LogP contribution is -2.32. The highest BCUT2D eigenvalue weighted by atomic mass is 16.3. The van der Waals surface area contributed by atoms with E-state index in [9.17, 15) is 14.5 Å². The van der Waals surface area contributed by atoms with E-state index in [4.69, 9.17) is 0 Å². The molecular formula is C18H17N3O3. The Morgan fingerprint density at radius 1 is 0.958 bits per heavy atom. The van der Waals surface area contributed by atoms with E-state index in [1.54, 1.807) is 36.4 Å². The minimum Gasteiger partial charge on any atom is -0.375 e. The number of carbonyl (C=O) groups excluding carboxylic acids is 2. The van der Waals surface area contributed by atoms with Gasteiger partial charge in [0.15, 0.2) is 0 Å². The summed E-state index contributed by atoms with van der Waals surface area (Å²) in [6.45, 7) is 1.06. The van der Waals surface area contributed by atoms with Crippen LogP contribution in [-0.2, 0) is 0 Å². The fourth-order valence-corrected chi connectivity index (χ4v) is 2.81. The number of hydrogen-bond acceptors (Lipinski definition) is 5. The maximum absolute atomic E-state index is 12.3. The van der Waals surface area contributed by atoms with Crippen LogP contribution in [0.2, 0.25) is 0 Å². The topological polar surface area (TPSA) is 70.1 Å². The summed E-state index contributed by atoms with van der Waals surface area (Å²) in [7, 11) is 1.92. The number of amides is 2. The lowest BCUT2D eigenvalue weighted by Gasteiger charge is -2.21. The second-order valence-corrected chi connectivity index (χ2v) is 5.69. The number of benzene rings is 2. The van der Waals surface area contributed by atoms with Crippen molar-refractivity contribution in [2.75, 3.05) is 25.0 Å². The molecule has 0 saturated heterocycles. The van der Waals surface area contributed by atoms with Gasteiger partial charge in [0.1, 0.15) is 5.69 Å². The Bertz CT molecular complexity index is 751. The summed E-state index contributed by atoms with van der Waals surface area (Å²) in [6.07, 6.45) is 0.662. The molecule has 0 atom stereocenters. The van der Waals surface area contributed by atoms with Crippen LogP contribution in [0.1, 0.15) is 27.1 Å². The van der Waals surface area contributed by atoms with Crippen molar-refractivity contribution in [3.63, 3.8) is 0 Å². The molecule has 0 aromatic heterocycles. The molecule has 0 fully saturated rings. The lowest BCUT2D eigenvalue weighted by atomic mass is 10.1. The Morgan fingerprint density at radius 3 is 2.08 bits per heavy atom. The van der Waals surface area contributed by atoms with Gasteiger partial charge in [0.25, 0.3) is 11.8 Å². The van der Waals surface area contributed by atoms with E-state index >= 15 is 0 Å². The second-order valence-electron chi connectivity index (χ2n) is 5.69. The van der Waals surface area contributed by atoms with Crippen LogP contribution in [0.4, 0.5) is 11.4 Å². The first kappa shape index (κ1) is 15.9. The second kappa shape index (κ2) is 6.62. The van der Waals surface area contributed by atoms with Crippen molar-refractivity contribution in [1.82, 2.24) is 4.90 Å². The maximum atomic E-state index is 12.3. The fourth-order valence-electron chi connectivity index (χ4n) is 2.81. The molecule has 0 unspecified atom stereocenters. The molecule has 0 bridgehead atoms. The summed E-state index contributed by atoms with van der Waals surface area (Å²) in [5, 5.41) is 2.87. The molecule has 0 aliphatic carbocycles.